The molecule has 2 rings (SSSR count). The number of nitrogens with one attached hydrogen (secondary N) is 1. The van der Waals surface area contributed by atoms with Crippen molar-refractivity contribution in [3.8, 4) is 0 Å². The number of para-hydroxylation sites is 1. The van der Waals surface area contributed by atoms with E-state index in [1.807, 2.05) is 0 Å². The predicted molar refractivity (Wildman–Crippen MR) is 54.4 cm³/mol. The molecule has 0 fully saturated rings. The normalized spacial score (nSPS) is 12.1. The molecule has 2 aromatic rings. The van der Waals surface area contributed by atoms with E-state index < -0.39 is 9.05 Å². The molecule has 1 aromatic heterocycles. The lowest BCUT2D eigenvalue weighted by Crippen LogP contribution is -1.90. The number of halogens is 1. The Kier molecular flexibility index (Phi) is 2.13. The molecular weight excluding hydrogens is 246 g/mol. The number of aromatic nitrogens is 1. The Labute approximate surface area is 88.9 Å². The summed E-state index contributed by atoms with van der Waals surface area (Å²) in [5.41, 5.74) is 0.671. The van der Waals surface area contributed by atoms with E-state index in [1.54, 1.807) is 12.1 Å². The number of rotatable bonds is 1. The Hall–Kier alpha value is -0.850. The molecule has 4 nitrogen and oxygen atoms in total. The Balaban J connectivity index is 2.98. The van der Waals surface area contributed by atoms with Crippen molar-refractivity contribution >= 4 is 43.1 Å². The fourth-order valence-corrected chi connectivity index (χ4v) is 2.31. The van der Waals surface area contributed by atoms with Crippen LogP contribution in [0.1, 0.15) is 0 Å². The molecule has 0 aliphatic heterocycles. The molecule has 1 N–H and O–H groups in total. The van der Waals surface area contributed by atoms with Crippen molar-refractivity contribution in [3.05, 3.63) is 23.0 Å². The quantitative estimate of drug-likeness (QED) is 0.623. The van der Waals surface area contributed by atoms with Gasteiger partial charge in [-0.05, 0) is 24.4 Å². The van der Waals surface area contributed by atoms with Gasteiger partial charge in [-0.25, -0.2) is 8.42 Å². The van der Waals surface area contributed by atoms with Crippen molar-refractivity contribution in [3.63, 3.8) is 0 Å². The lowest BCUT2D eigenvalue weighted by Gasteiger charge is -1.94. The summed E-state index contributed by atoms with van der Waals surface area (Å²) < 4.78 is 27.2. The molecule has 0 spiro atoms. The van der Waals surface area contributed by atoms with Crippen LogP contribution in [-0.2, 0) is 9.05 Å². The van der Waals surface area contributed by atoms with Gasteiger partial charge in [0.15, 0.2) is 5.58 Å². The third-order valence-corrected chi connectivity index (χ3v) is 3.20. The summed E-state index contributed by atoms with van der Waals surface area (Å²) in [5.74, 6) is 0. The molecule has 0 atom stereocenters. The van der Waals surface area contributed by atoms with Gasteiger partial charge in [0.05, 0.1) is 5.52 Å². The van der Waals surface area contributed by atoms with Crippen molar-refractivity contribution in [1.29, 1.82) is 0 Å². The maximum absolute atomic E-state index is 11.1. The lowest BCUT2D eigenvalue weighted by atomic mass is 10.3. The third-order valence-electron chi connectivity index (χ3n) is 1.67. The number of aromatic amines is 1. The second-order valence-corrected chi connectivity index (χ2v) is 5.49. The molecule has 0 amide bonds. The zero-order valence-corrected chi connectivity index (χ0v) is 9.04. The number of fused-ring (bicyclic) bond motifs is 1. The van der Waals surface area contributed by atoms with Crippen molar-refractivity contribution < 1.29 is 12.8 Å². The number of H-pyrrole nitrogens is 1. The zero-order chi connectivity index (χ0) is 10.3. The number of oxazole rings is 1. The molecule has 74 valence electrons. The SMILES string of the molecule is O=S(=O)(Cl)c1cccc2[nH]c(=S)oc12. The van der Waals surface area contributed by atoms with E-state index in [2.05, 4.69) is 4.98 Å². The maximum atomic E-state index is 11.1. The average molecular weight is 250 g/mol. The summed E-state index contributed by atoms with van der Waals surface area (Å²) in [7, 11) is 1.41. The fraction of sp³-hybridized carbons (Fsp3) is 0. The summed E-state index contributed by atoms with van der Waals surface area (Å²) >= 11 is 4.74. The molecule has 0 saturated heterocycles. The highest BCUT2D eigenvalue weighted by Crippen LogP contribution is 2.25. The highest BCUT2D eigenvalue weighted by atomic mass is 35.7. The predicted octanol–water partition coefficient (Wildman–Crippen LogP) is 2.42. The summed E-state index contributed by atoms with van der Waals surface area (Å²) in [5, 5.41) is 0. The van der Waals surface area contributed by atoms with Gasteiger partial charge in [0.2, 0.25) is 0 Å². The van der Waals surface area contributed by atoms with E-state index in [4.69, 9.17) is 27.3 Å². The molecule has 0 aliphatic rings. The van der Waals surface area contributed by atoms with Crippen LogP contribution in [0.3, 0.4) is 0 Å². The van der Waals surface area contributed by atoms with Gasteiger partial charge in [-0.15, -0.1) is 0 Å². The number of benzene rings is 1. The zero-order valence-electron chi connectivity index (χ0n) is 6.65. The van der Waals surface area contributed by atoms with E-state index in [1.165, 1.54) is 6.07 Å². The van der Waals surface area contributed by atoms with Crippen LogP contribution in [0.2, 0.25) is 0 Å². The fourth-order valence-electron chi connectivity index (χ4n) is 1.14. The molecule has 0 bridgehead atoms. The molecule has 7 heteroatoms. The minimum absolute atomic E-state index is 0.0796. The highest BCUT2D eigenvalue weighted by molar-refractivity contribution is 8.13. The molecule has 0 aliphatic carbocycles. The van der Waals surface area contributed by atoms with Crippen LogP contribution >= 0.6 is 22.9 Å². The summed E-state index contributed by atoms with van der Waals surface area (Å²) in [6.45, 7) is 0. The van der Waals surface area contributed by atoms with Crippen LogP contribution in [0, 0.1) is 4.84 Å². The van der Waals surface area contributed by atoms with Crippen molar-refractivity contribution in [2.75, 3.05) is 0 Å². The van der Waals surface area contributed by atoms with E-state index in [-0.39, 0.29) is 15.3 Å². The van der Waals surface area contributed by atoms with E-state index in [9.17, 15) is 8.42 Å². The van der Waals surface area contributed by atoms with Gasteiger partial charge in [0, 0.05) is 10.7 Å². The first-order chi connectivity index (χ1) is 6.48. The van der Waals surface area contributed by atoms with Gasteiger partial charge in [-0.2, -0.15) is 0 Å². The van der Waals surface area contributed by atoms with Gasteiger partial charge in [0.25, 0.3) is 13.9 Å². The van der Waals surface area contributed by atoms with E-state index in [0.717, 1.165) is 0 Å². The van der Waals surface area contributed by atoms with Crippen LogP contribution in [0.15, 0.2) is 27.5 Å². The van der Waals surface area contributed by atoms with Gasteiger partial charge >= 0.3 is 0 Å². The molecule has 0 saturated carbocycles. The minimum Gasteiger partial charge on any atom is -0.428 e. The minimum atomic E-state index is -3.80. The Morgan fingerprint density at radius 2 is 2.14 bits per heavy atom. The second kappa shape index (κ2) is 3.08. The van der Waals surface area contributed by atoms with Crippen LogP contribution in [0.25, 0.3) is 11.1 Å². The molecule has 0 unspecified atom stereocenters. The third kappa shape index (κ3) is 1.56. The molecule has 1 heterocycles. The Morgan fingerprint density at radius 3 is 2.79 bits per heavy atom. The monoisotopic (exact) mass is 249 g/mol. The molecule has 1 aromatic carbocycles. The van der Waals surface area contributed by atoms with Gasteiger partial charge in [-0.1, -0.05) is 6.07 Å². The van der Waals surface area contributed by atoms with Crippen LogP contribution in [0.4, 0.5) is 0 Å². The first-order valence-corrected chi connectivity index (χ1v) is 6.27. The summed E-state index contributed by atoms with van der Waals surface area (Å²) in [6, 6.07) is 4.56. The van der Waals surface area contributed by atoms with Crippen LogP contribution < -0.4 is 0 Å². The van der Waals surface area contributed by atoms with Gasteiger partial charge < -0.3 is 9.40 Å². The van der Waals surface area contributed by atoms with Crippen LogP contribution in [0.5, 0.6) is 0 Å². The molecule has 14 heavy (non-hydrogen) atoms. The smallest absolute Gasteiger partial charge is 0.266 e. The van der Waals surface area contributed by atoms with Gasteiger partial charge in [0.1, 0.15) is 4.90 Å². The topological polar surface area (TPSA) is 63.1 Å². The standard InChI is InChI=1S/C7H4ClNO3S2/c8-14(10,11)5-3-1-2-4-6(5)12-7(13)9-4/h1-3H,(H,9,13). The van der Waals surface area contributed by atoms with E-state index in [0.29, 0.717) is 5.52 Å². The largest absolute Gasteiger partial charge is 0.428 e. The van der Waals surface area contributed by atoms with Gasteiger partial charge in [-0.3, -0.25) is 0 Å². The van der Waals surface area contributed by atoms with Crippen molar-refractivity contribution in [2.24, 2.45) is 0 Å². The summed E-state index contributed by atoms with van der Waals surface area (Å²) in [4.78, 5) is 2.73. The molecular formula is C7H4ClNO3S2. The average Bonchev–Trinajstić information content (AvgIpc) is 2.41. The second-order valence-electron chi connectivity index (χ2n) is 2.59. The Bertz CT molecular complexity index is 640. The molecule has 0 radical (unpaired) electrons. The maximum Gasteiger partial charge on any atom is 0.266 e. The first-order valence-electron chi connectivity index (χ1n) is 3.55. The van der Waals surface area contributed by atoms with E-state index >= 15 is 0 Å². The van der Waals surface area contributed by atoms with Crippen LogP contribution in [-0.4, -0.2) is 13.4 Å². The highest BCUT2D eigenvalue weighted by Gasteiger charge is 2.16. The van der Waals surface area contributed by atoms with Crippen molar-refractivity contribution in [1.82, 2.24) is 4.98 Å². The number of hydrogen-bond acceptors (Lipinski definition) is 4. The Morgan fingerprint density at radius 1 is 1.43 bits per heavy atom. The lowest BCUT2D eigenvalue weighted by molar-refractivity contribution is 0.571. The first kappa shape index (κ1) is 9.70. The number of hydrogen-bond donors (Lipinski definition) is 1. The summed E-state index contributed by atoms with van der Waals surface area (Å²) in [6.07, 6.45) is 0. The van der Waals surface area contributed by atoms with Crippen molar-refractivity contribution in [2.45, 2.75) is 4.90 Å².